The molecule has 5 rings (SSSR count). The quantitative estimate of drug-likeness (QED) is 0.0726. The zero-order chi connectivity index (χ0) is 37.5. The van der Waals surface area contributed by atoms with E-state index >= 15 is 0 Å². The van der Waals surface area contributed by atoms with Crippen LogP contribution in [0.15, 0.2) is 40.8 Å². The lowest BCUT2D eigenvalue weighted by molar-refractivity contribution is -0.136. The van der Waals surface area contributed by atoms with E-state index in [1.807, 2.05) is 44.2 Å². The Morgan fingerprint density at radius 2 is 1.73 bits per heavy atom. The molecule has 2 aromatic carbocycles. The molecule has 0 radical (unpaired) electrons. The lowest BCUT2D eigenvalue weighted by Crippen LogP contribution is -2.70. The Kier molecular flexibility index (Phi) is 10.4. The first-order valence-corrected chi connectivity index (χ1v) is 17.8. The topological polar surface area (TPSA) is 169 Å². The van der Waals surface area contributed by atoms with Crippen molar-refractivity contribution in [1.29, 1.82) is 5.41 Å². The van der Waals surface area contributed by atoms with E-state index in [2.05, 4.69) is 10.2 Å². The molecular weight excluding hydrogens is 652 g/mol. The number of fused-ring (bicyclic) bond motifs is 5. The fourth-order valence-corrected chi connectivity index (χ4v) is 7.79. The lowest BCUT2D eigenvalue weighted by atomic mass is 9.53. The number of hydrogen-bond acceptors (Lipinski definition) is 10. The Morgan fingerprint density at radius 1 is 1.04 bits per heavy atom. The van der Waals surface area contributed by atoms with Crippen molar-refractivity contribution < 1.29 is 38.8 Å². The van der Waals surface area contributed by atoms with Crippen molar-refractivity contribution >= 4 is 29.1 Å². The Hall–Kier alpha value is -4.29. The fourth-order valence-electron chi connectivity index (χ4n) is 7.79. The number of aryl methyl sites for hydroxylation is 1. The van der Waals surface area contributed by atoms with Gasteiger partial charge < -0.3 is 29.2 Å². The van der Waals surface area contributed by atoms with Crippen molar-refractivity contribution in [2.24, 2.45) is 0 Å². The number of para-hydroxylation sites is 1. The van der Waals surface area contributed by atoms with Gasteiger partial charge in [-0.05, 0) is 117 Å². The number of nitrogens with one attached hydrogen (secondary N) is 2. The second-order valence-electron chi connectivity index (χ2n) is 16.2. The summed E-state index contributed by atoms with van der Waals surface area (Å²) in [5.74, 6) is -0.0621. The van der Waals surface area contributed by atoms with E-state index in [1.54, 1.807) is 41.5 Å². The number of amides is 2. The van der Waals surface area contributed by atoms with Crippen molar-refractivity contribution in [3.63, 3.8) is 0 Å². The molecule has 1 aliphatic carbocycles. The van der Waals surface area contributed by atoms with Crippen molar-refractivity contribution in [2.45, 2.75) is 122 Å². The number of furan rings is 1. The molecule has 2 bridgehead atoms. The average molecular weight is 707 g/mol. The van der Waals surface area contributed by atoms with Crippen LogP contribution in [0.2, 0.25) is 0 Å². The van der Waals surface area contributed by atoms with Crippen LogP contribution >= 0.6 is 0 Å². The van der Waals surface area contributed by atoms with Gasteiger partial charge in [-0.2, -0.15) is 0 Å². The first kappa shape index (κ1) is 38.0. The van der Waals surface area contributed by atoms with Gasteiger partial charge in [0.05, 0.1) is 5.60 Å². The number of piperidine rings is 1. The van der Waals surface area contributed by atoms with Crippen LogP contribution in [-0.2, 0) is 27.7 Å². The van der Waals surface area contributed by atoms with E-state index in [0.717, 1.165) is 39.2 Å². The molecule has 3 atom stereocenters. The summed E-state index contributed by atoms with van der Waals surface area (Å²) < 4.78 is 17.1. The molecule has 278 valence electrons. The second kappa shape index (κ2) is 14.0. The van der Waals surface area contributed by atoms with E-state index in [1.165, 1.54) is 6.07 Å². The molecule has 12 nitrogen and oxygen atoms in total. The molecule has 1 fully saturated rings. The normalized spacial score (nSPS) is 21.9. The van der Waals surface area contributed by atoms with E-state index in [-0.39, 0.29) is 24.1 Å². The highest BCUT2D eigenvalue weighted by Crippen LogP contribution is 2.57. The number of phenols is 2. The van der Waals surface area contributed by atoms with Gasteiger partial charge in [0, 0.05) is 35.4 Å². The van der Waals surface area contributed by atoms with Crippen molar-refractivity contribution in [3.05, 3.63) is 58.8 Å². The monoisotopic (exact) mass is 706 g/mol. The molecule has 3 unspecified atom stereocenters. The van der Waals surface area contributed by atoms with E-state index in [9.17, 15) is 24.9 Å². The Balaban J connectivity index is 1.30. The third-order valence-corrected chi connectivity index (χ3v) is 10.3. The number of carbonyl (C=O) groups excluding carboxylic acids is 2. The Bertz CT molecular complexity index is 1790. The van der Waals surface area contributed by atoms with Gasteiger partial charge in [-0.1, -0.05) is 30.7 Å². The molecule has 1 aromatic heterocycles. The maximum absolute atomic E-state index is 13.0. The van der Waals surface area contributed by atoms with Crippen LogP contribution in [0, 0.1) is 12.3 Å². The zero-order valence-electron chi connectivity index (χ0n) is 31.2. The smallest absolute Gasteiger partial charge is 0.417 e. The second-order valence-corrected chi connectivity index (χ2v) is 16.2. The molecule has 1 saturated heterocycles. The summed E-state index contributed by atoms with van der Waals surface area (Å²) in [4.78, 5) is 28.8. The molecule has 5 N–H and O–H groups in total. The first-order valence-electron chi connectivity index (χ1n) is 17.8. The van der Waals surface area contributed by atoms with Crippen LogP contribution in [0.3, 0.4) is 0 Å². The molecule has 0 spiro atoms. The summed E-state index contributed by atoms with van der Waals surface area (Å²) in [5, 5.41) is 46.3. The van der Waals surface area contributed by atoms with Crippen molar-refractivity contribution in [2.75, 3.05) is 19.6 Å². The highest BCUT2D eigenvalue weighted by atomic mass is 16.6. The summed E-state index contributed by atoms with van der Waals surface area (Å²) in [5.41, 5.74) is -0.516. The number of benzene rings is 2. The third-order valence-electron chi connectivity index (χ3n) is 10.3. The number of phenolic OH excluding ortho intramolecular Hbond substituents is 2. The molecule has 2 aliphatic rings. The van der Waals surface area contributed by atoms with Gasteiger partial charge in [0.1, 0.15) is 22.5 Å². The highest BCUT2D eigenvalue weighted by Gasteiger charge is 2.61. The number of aliphatic hydroxyl groups is 1. The molecule has 51 heavy (non-hydrogen) atoms. The molecule has 2 heterocycles. The van der Waals surface area contributed by atoms with Crippen LogP contribution in [0.25, 0.3) is 11.0 Å². The SMILES string of the molecule is Cc1c(CC23CCN(CCCCCN(C(=N)NC(=O)OC(C)(C)C)C(=O)OC(C)(C)C)C(Cc4ccc(O)c(O)c42)C3(C)O)oc2ccccc12. The standard InChI is InChI=1S/C39H54N4O8/c1-24-26-14-10-11-15-28(26)49-29(24)23-39-18-21-42(30(38(39,8)48)22-25-16-17-27(44)32(45)31(25)39)19-12-9-13-20-43(35(47)51-37(5,6)7)33(40)41-34(46)50-36(2,3)4/h10-11,14-17,30,44-45,48H,9,12-13,18-23H2,1-8H3,(H2,40,41,46). The van der Waals surface area contributed by atoms with Gasteiger partial charge in [-0.25, -0.2) is 14.5 Å². The predicted molar refractivity (Wildman–Crippen MR) is 194 cm³/mol. The van der Waals surface area contributed by atoms with Gasteiger partial charge in [0.25, 0.3) is 0 Å². The van der Waals surface area contributed by atoms with Crippen molar-refractivity contribution in [1.82, 2.24) is 15.1 Å². The molecular formula is C39H54N4O8. The predicted octanol–water partition coefficient (Wildman–Crippen LogP) is 6.88. The molecule has 0 saturated carbocycles. The van der Waals surface area contributed by atoms with E-state index in [4.69, 9.17) is 19.3 Å². The Morgan fingerprint density at radius 3 is 2.39 bits per heavy atom. The minimum absolute atomic E-state index is 0.154. The van der Waals surface area contributed by atoms with Crippen LogP contribution in [0.5, 0.6) is 11.5 Å². The van der Waals surface area contributed by atoms with E-state index < -0.39 is 40.4 Å². The van der Waals surface area contributed by atoms with Gasteiger partial charge >= 0.3 is 12.2 Å². The fraction of sp³-hybridized carbons (Fsp3) is 0.564. The molecule has 2 amide bonds. The van der Waals surface area contributed by atoms with Crippen LogP contribution in [0.4, 0.5) is 9.59 Å². The summed E-state index contributed by atoms with van der Waals surface area (Å²) in [6.07, 6.45) is 1.82. The zero-order valence-corrected chi connectivity index (χ0v) is 31.2. The lowest BCUT2D eigenvalue weighted by Gasteiger charge is -2.60. The third kappa shape index (κ3) is 7.82. The van der Waals surface area contributed by atoms with Crippen LogP contribution < -0.4 is 5.32 Å². The number of guanidine groups is 1. The molecule has 1 aliphatic heterocycles. The van der Waals surface area contributed by atoms with Crippen LogP contribution in [-0.4, -0.2) is 85.7 Å². The number of aromatic hydroxyl groups is 2. The number of hydrogen-bond donors (Lipinski definition) is 5. The minimum Gasteiger partial charge on any atom is -0.504 e. The van der Waals surface area contributed by atoms with Gasteiger partial charge in [0.2, 0.25) is 5.96 Å². The van der Waals surface area contributed by atoms with Gasteiger partial charge in [0.15, 0.2) is 11.5 Å². The summed E-state index contributed by atoms with van der Waals surface area (Å²) >= 11 is 0. The van der Waals surface area contributed by atoms with Gasteiger partial charge in [-0.15, -0.1) is 0 Å². The summed E-state index contributed by atoms with van der Waals surface area (Å²) in [6, 6.07) is 10.9. The number of likely N-dealkylation sites (tertiary alicyclic amines) is 1. The minimum atomic E-state index is -1.29. The number of alkyl carbamates (subject to hydrolysis) is 1. The Labute approximate surface area is 300 Å². The number of nitrogens with zero attached hydrogens (tertiary/aromatic N) is 2. The van der Waals surface area contributed by atoms with E-state index in [0.29, 0.717) is 50.8 Å². The first-order chi connectivity index (χ1) is 23.7. The largest absolute Gasteiger partial charge is 0.504 e. The summed E-state index contributed by atoms with van der Waals surface area (Å²) in [7, 11) is 0. The van der Waals surface area contributed by atoms with Gasteiger partial charge in [-0.3, -0.25) is 15.6 Å². The van der Waals surface area contributed by atoms with Crippen LogP contribution in [0.1, 0.15) is 96.6 Å². The molecule has 3 aromatic rings. The number of ether oxygens (including phenoxy) is 2. The number of carbonyl (C=O) groups is 2. The number of unbranched alkanes of at least 4 members (excludes halogenated alkanes) is 2. The maximum Gasteiger partial charge on any atom is 0.417 e. The average Bonchev–Trinajstić information content (AvgIpc) is 3.31. The highest BCUT2D eigenvalue weighted by molar-refractivity contribution is 5.99. The molecule has 12 heteroatoms. The maximum atomic E-state index is 13.0. The van der Waals surface area contributed by atoms with Crippen molar-refractivity contribution in [3.8, 4) is 11.5 Å². The number of rotatable bonds is 8. The summed E-state index contributed by atoms with van der Waals surface area (Å²) in [6.45, 7) is 15.7.